The molecule has 0 aliphatic carbocycles. The zero-order chi connectivity index (χ0) is 22.2. The largest absolute Gasteiger partial charge is 0.481 e. The lowest BCUT2D eigenvalue weighted by atomic mass is 10.1. The Labute approximate surface area is 195 Å². The highest BCUT2D eigenvalue weighted by Crippen LogP contribution is 2.37. The van der Waals surface area contributed by atoms with Crippen molar-refractivity contribution in [1.29, 1.82) is 0 Å². The first-order chi connectivity index (χ1) is 15.5. The van der Waals surface area contributed by atoms with Crippen molar-refractivity contribution >= 4 is 56.0 Å². The van der Waals surface area contributed by atoms with Crippen LogP contribution in [0.15, 0.2) is 81.4 Å². The quantitative estimate of drug-likeness (QED) is 0.321. The lowest BCUT2D eigenvalue weighted by molar-refractivity contribution is -0.136. The fourth-order valence-electron chi connectivity index (χ4n) is 3.42. The number of anilines is 1. The Morgan fingerprint density at radius 1 is 1.12 bits per heavy atom. The summed E-state index contributed by atoms with van der Waals surface area (Å²) in [4.78, 5) is 21.2. The van der Waals surface area contributed by atoms with Crippen LogP contribution in [-0.4, -0.2) is 30.7 Å². The maximum atomic E-state index is 10.9. The second-order valence-electron chi connectivity index (χ2n) is 7.14. The van der Waals surface area contributed by atoms with E-state index >= 15 is 0 Å². The maximum absolute atomic E-state index is 10.9. The molecule has 7 nitrogen and oxygen atoms in total. The molecule has 0 spiro atoms. The average molecular weight is 506 g/mol. The fraction of sp³-hybridized carbons (Fsp3) is 0.0435. The summed E-state index contributed by atoms with van der Waals surface area (Å²) in [7, 11) is 0. The molecule has 3 aromatic heterocycles. The first-order valence-electron chi connectivity index (χ1n) is 9.66. The van der Waals surface area contributed by atoms with Crippen molar-refractivity contribution in [3.63, 3.8) is 0 Å². The number of aliphatic carboxylic acids is 1. The number of hydrogen-bond acceptors (Lipinski definition) is 6. The summed E-state index contributed by atoms with van der Waals surface area (Å²) >= 11 is 4.98. The van der Waals surface area contributed by atoms with Crippen LogP contribution < -0.4 is 5.73 Å². The van der Waals surface area contributed by atoms with Crippen LogP contribution >= 0.6 is 27.7 Å². The summed E-state index contributed by atoms with van der Waals surface area (Å²) in [5.41, 5.74) is 10.4. The number of aromatic nitrogens is 4. The van der Waals surface area contributed by atoms with E-state index < -0.39 is 5.97 Å². The Kier molecular flexibility index (Phi) is 5.28. The van der Waals surface area contributed by atoms with Crippen LogP contribution in [0.5, 0.6) is 0 Å². The van der Waals surface area contributed by atoms with Gasteiger partial charge in [-0.05, 0) is 45.8 Å². The molecule has 5 rings (SSSR count). The van der Waals surface area contributed by atoms with Crippen molar-refractivity contribution in [2.45, 2.75) is 16.3 Å². The Hall–Kier alpha value is -3.43. The van der Waals surface area contributed by atoms with Crippen molar-refractivity contribution in [3.8, 4) is 11.1 Å². The number of fused-ring (bicyclic) bond motifs is 2. The Morgan fingerprint density at radius 2 is 1.91 bits per heavy atom. The number of benzene rings is 2. The summed E-state index contributed by atoms with van der Waals surface area (Å²) in [5.74, 6) is -0.413. The third kappa shape index (κ3) is 3.80. The van der Waals surface area contributed by atoms with Gasteiger partial charge in [0.15, 0.2) is 5.65 Å². The van der Waals surface area contributed by atoms with Crippen LogP contribution in [0.3, 0.4) is 0 Å². The van der Waals surface area contributed by atoms with Crippen LogP contribution in [0.25, 0.3) is 27.7 Å². The summed E-state index contributed by atoms with van der Waals surface area (Å²) in [6.45, 7) is 0. The van der Waals surface area contributed by atoms with E-state index in [0.29, 0.717) is 21.0 Å². The summed E-state index contributed by atoms with van der Waals surface area (Å²) < 4.78 is 2.25. The molecule has 158 valence electrons. The topological polar surface area (TPSA) is 106 Å². The van der Waals surface area contributed by atoms with E-state index in [1.165, 1.54) is 11.8 Å². The molecule has 0 atom stereocenters. The molecule has 9 heteroatoms. The normalized spacial score (nSPS) is 11.3. The number of nitrogens with zero attached hydrogens (tertiary/aromatic N) is 4. The molecule has 32 heavy (non-hydrogen) atoms. The number of pyridine rings is 1. The van der Waals surface area contributed by atoms with Gasteiger partial charge in [0.25, 0.3) is 0 Å². The second kappa shape index (κ2) is 8.25. The molecular weight excluding hydrogens is 490 g/mol. The molecule has 3 N–H and O–H groups in total. The molecule has 3 heterocycles. The lowest BCUT2D eigenvalue weighted by Gasteiger charge is -2.09. The van der Waals surface area contributed by atoms with Crippen LogP contribution in [-0.2, 0) is 11.2 Å². The number of halogens is 1. The zero-order valence-corrected chi connectivity index (χ0v) is 19.0. The summed E-state index contributed by atoms with van der Waals surface area (Å²) in [6, 6.07) is 17.4. The van der Waals surface area contributed by atoms with Gasteiger partial charge in [-0.3, -0.25) is 9.78 Å². The predicted molar refractivity (Wildman–Crippen MR) is 128 cm³/mol. The molecular formula is C23H16BrN5O2S. The highest BCUT2D eigenvalue weighted by atomic mass is 79.9. The van der Waals surface area contributed by atoms with Crippen molar-refractivity contribution in [2.75, 3.05) is 5.73 Å². The van der Waals surface area contributed by atoms with E-state index in [0.717, 1.165) is 32.5 Å². The predicted octanol–water partition coefficient (Wildman–Crippen LogP) is 5.07. The highest BCUT2D eigenvalue weighted by molar-refractivity contribution is 9.10. The van der Waals surface area contributed by atoms with Gasteiger partial charge in [-0.25, -0.2) is 4.98 Å². The van der Waals surface area contributed by atoms with E-state index in [2.05, 4.69) is 32.1 Å². The van der Waals surface area contributed by atoms with Crippen LogP contribution in [0.2, 0.25) is 0 Å². The third-order valence-electron chi connectivity index (χ3n) is 4.99. The monoisotopic (exact) mass is 505 g/mol. The first kappa shape index (κ1) is 20.5. The van der Waals surface area contributed by atoms with Gasteiger partial charge in [0, 0.05) is 27.6 Å². The SMILES string of the molecule is Nc1c(Br)c(Sc2ccc(CC(=O)O)cc2)nc2c(-c3cnc4ccccc4c3)cnn12. The van der Waals surface area contributed by atoms with Crippen molar-refractivity contribution in [3.05, 3.63) is 77.0 Å². The van der Waals surface area contributed by atoms with Gasteiger partial charge in [0.2, 0.25) is 0 Å². The van der Waals surface area contributed by atoms with Gasteiger partial charge in [0.1, 0.15) is 10.8 Å². The Balaban J connectivity index is 1.55. The first-order valence-corrected chi connectivity index (χ1v) is 11.3. The molecule has 0 saturated carbocycles. The van der Waals surface area contributed by atoms with E-state index in [1.807, 2.05) is 42.6 Å². The minimum atomic E-state index is -0.857. The van der Waals surface area contributed by atoms with Crippen LogP contribution in [0, 0.1) is 0 Å². The smallest absolute Gasteiger partial charge is 0.307 e. The minimum Gasteiger partial charge on any atom is -0.481 e. The molecule has 0 unspecified atom stereocenters. The Bertz CT molecular complexity index is 1480. The fourth-order valence-corrected chi connectivity index (χ4v) is 4.75. The third-order valence-corrected chi connectivity index (χ3v) is 7.03. The summed E-state index contributed by atoms with van der Waals surface area (Å²) in [5, 5.41) is 15.1. The molecule has 0 fully saturated rings. The molecule has 0 saturated heterocycles. The molecule has 2 aromatic carbocycles. The number of hydrogen-bond donors (Lipinski definition) is 2. The van der Waals surface area contributed by atoms with Gasteiger partial charge < -0.3 is 10.8 Å². The minimum absolute atomic E-state index is 0.00915. The van der Waals surface area contributed by atoms with E-state index in [1.54, 1.807) is 22.8 Å². The molecule has 0 aliphatic rings. The Morgan fingerprint density at radius 3 is 2.69 bits per heavy atom. The van der Waals surface area contributed by atoms with E-state index in [4.69, 9.17) is 15.8 Å². The van der Waals surface area contributed by atoms with Crippen LogP contribution in [0.1, 0.15) is 5.56 Å². The second-order valence-corrected chi connectivity index (χ2v) is 9.00. The molecule has 0 aliphatic heterocycles. The lowest BCUT2D eigenvalue weighted by Crippen LogP contribution is -2.03. The van der Waals surface area contributed by atoms with Crippen molar-refractivity contribution in [1.82, 2.24) is 19.6 Å². The van der Waals surface area contributed by atoms with E-state index in [9.17, 15) is 4.79 Å². The highest BCUT2D eigenvalue weighted by Gasteiger charge is 2.17. The molecule has 0 bridgehead atoms. The number of rotatable bonds is 5. The molecule has 5 aromatic rings. The number of carboxylic acid groups (broad SMARTS) is 1. The van der Waals surface area contributed by atoms with Crippen LogP contribution in [0.4, 0.5) is 5.82 Å². The number of para-hydroxylation sites is 1. The number of carboxylic acids is 1. The zero-order valence-electron chi connectivity index (χ0n) is 16.6. The van der Waals surface area contributed by atoms with Crippen molar-refractivity contribution in [2.24, 2.45) is 0 Å². The number of nitrogen functional groups attached to an aromatic ring is 1. The van der Waals surface area contributed by atoms with Gasteiger partial charge in [-0.1, -0.05) is 42.1 Å². The number of nitrogens with two attached hydrogens (primary N) is 1. The van der Waals surface area contributed by atoms with Gasteiger partial charge >= 0.3 is 5.97 Å². The standard InChI is InChI=1S/C23H16BrN5O2S/c24-20-21(25)29-22(28-23(20)32-16-7-5-13(6-8-16)9-19(30)31)17(12-27-29)15-10-14-3-1-2-4-18(14)26-11-15/h1-8,10-12H,9,25H2,(H,30,31). The van der Waals surface area contributed by atoms with Gasteiger partial charge in [-0.15, -0.1) is 0 Å². The maximum Gasteiger partial charge on any atom is 0.307 e. The number of carbonyl (C=O) groups is 1. The van der Waals surface area contributed by atoms with Gasteiger partial charge in [-0.2, -0.15) is 9.61 Å². The van der Waals surface area contributed by atoms with Gasteiger partial charge in [0.05, 0.1) is 22.6 Å². The summed E-state index contributed by atoms with van der Waals surface area (Å²) in [6.07, 6.45) is 3.55. The average Bonchev–Trinajstić information content (AvgIpc) is 3.22. The molecule has 0 radical (unpaired) electrons. The molecule has 0 amide bonds. The van der Waals surface area contributed by atoms with E-state index in [-0.39, 0.29) is 6.42 Å². The van der Waals surface area contributed by atoms with Crippen molar-refractivity contribution < 1.29 is 9.90 Å².